The molecule has 4 rings (SSSR count). The molecule has 0 aromatic heterocycles. The summed E-state index contributed by atoms with van der Waals surface area (Å²) in [6.07, 6.45) is -4.38. The third-order valence-corrected chi connectivity index (χ3v) is 5.48. The zero-order valence-electron chi connectivity index (χ0n) is 18.9. The third kappa shape index (κ3) is 5.53. The molecule has 0 fully saturated rings. The summed E-state index contributed by atoms with van der Waals surface area (Å²) < 4.78 is 38.6. The van der Waals surface area contributed by atoms with E-state index in [-0.39, 0.29) is 28.2 Å². The number of carbonyl (C=O) groups excluding carboxylic acids is 5. The summed E-state index contributed by atoms with van der Waals surface area (Å²) in [7, 11) is 0. The monoisotopic (exact) mass is 506 g/mol. The van der Waals surface area contributed by atoms with Crippen molar-refractivity contribution in [3.63, 3.8) is 0 Å². The van der Waals surface area contributed by atoms with Crippen molar-refractivity contribution in [2.24, 2.45) is 0 Å². The lowest BCUT2D eigenvalue weighted by Gasteiger charge is -2.19. The number of carbonyl (C=O) groups is 5. The first-order chi connectivity index (χ1) is 17.5. The van der Waals surface area contributed by atoms with Crippen LogP contribution in [0.4, 0.5) is 24.5 Å². The van der Waals surface area contributed by atoms with E-state index in [2.05, 4.69) is 10.6 Å². The standard InChI is InChI=1S/C27H17F3N2O5/c28-27(29,30)15-6-5-7-16(12-15)31-26(37)24(35)14-22(33)19-10-3-4-11-20(19)32-21-13-23(34)25(36)18-9-2-1-8-17(18)21/h1-13,32H,14H2,(H,31,37). The predicted molar refractivity (Wildman–Crippen MR) is 128 cm³/mol. The molecule has 0 unspecified atom stereocenters. The van der Waals surface area contributed by atoms with E-state index < -0.39 is 47.2 Å². The minimum atomic E-state index is -4.64. The number of anilines is 2. The van der Waals surface area contributed by atoms with Gasteiger partial charge in [-0.3, -0.25) is 24.0 Å². The first-order valence-electron chi connectivity index (χ1n) is 10.8. The van der Waals surface area contributed by atoms with E-state index in [0.29, 0.717) is 11.6 Å². The van der Waals surface area contributed by atoms with Crippen LogP contribution in [0.2, 0.25) is 0 Å². The van der Waals surface area contributed by atoms with Crippen LogP contribution in [0.5, 0.6) is 0 Å². The second-order valence-electron chi connectivity index (χ2n) is 8.02. The molecule has 0 saturated carbocycles. The molecule has 3 aromatic rings. The topological polar surface area (TPSA) is 109 Å². The van der Waals surface area contributed by atoms with Gasteiger partial charge in [0.1, 0.15) is 0 Å². The second-order valence-corrected chi connectivity index (χ2v) is 8.02. The molecule has 0 bridgehead atoms. The Kier molecular flexibility index (Phi) is 6.83. The number of fused-ring (bicyclic) bond motifs is 1. The lowest BCUT2D eigenvalue weighted by molar-refractivity contribution is -0.137. The molecule has 0 heterocycles. The quantitative estimate of drug-likeness (QED) is 0.273. The van der Waals surface area contributed by atoms with Crippen LogP contribution in [0, 0.1) is 0 Å². The van der Waals surface area contributed by atoms with Crippen molar-refractivity contribution in [2.45, 2.75) is 12.6 Å². The average molecular weight is 506 g/mol. The summed E-state index contributed by atoms with van der Waals surface area (Å²) >= 11 is 0. The number of hydrogen-bond acceptors (Lipinski definition) is 6. The molecular weight excluding hydrogens is 489 g/mol. The van der Waals surface area contributed by atoms with E-state index in [0.717, 1.165) is 18.2 Å². The number of hydrogen-bond donors (Lipinski definition) is 2. The molecule has 7 nitrogen and oxygen atoms in total. The van der Waals surface area contributed by atoms with Crippen LogP contribution in [0.15, 0.2) is 78.9 Å². The fourth-order valence-electron chi connectivity index (χ4n) is 3.70. The van der Waals surface area contributed by atoms with Crippen molar-refractivity contribution in [3.8, 4) is 0 Å². The van der Waals surface area contributed by atoms with Gasteiger partial charge in [0, 0.05) is 34.1 Å². The van der Waals surface area contributed by atoms with Crippen LogP contribution < -0.4 is 10.6 Å². The first kappa shape index (κ1) is 25.2. The Morgan fingerprint density at radius 2 is 1.49 bits per heavy atom. The normalized spacial score (nSPS) is 12.9. The van der Waals surface area contributed by atoms with E-state index in [1.807, 2.05) is 0 Å². The number of nitrogens with one attached hydrogen (secondary N) is 2. The Labute approximate surface area is 208 Å². The van der Waals surface area contributed by atoms with Crippen LogP contribution in [0.3, 0.4) is 0 Å². The Morgan fingerprint density at radius 1 is 0.811 bits per heavy atom. The van der Waals surface area contributed by atoms with Crippen molar-refractivity contribution in [3.05, 3.63) is 101 Å². The van der Waals surface area contributed by atoms with Gasteiger partial charge in [-0.15, -0.1) is 0 Å². The number of allylic oxidation sites excluding steroid dienone is 1. The maximum absolute atomic E-state index is 12.9. The summed E-state index contributed by atoms with van der Waals surface area (Å²) in [5, 5.41) is 5.03. The Bertz CT molecular complexity index is 1490. The van der Waals surface area contributed by atoms with Gasteiger partial charge in [-0.1, -0.05) is 42.5 Å². The van der Waals surface area contributed by atoms with Gasteiger partial charge in [0.05, 0.1) is 17.7 Å². The predicted octanol–water partition coefficient (Wildman–Crippen LogP) is 4.70. The van der Waals surface area contributed by atoms with Crippen molar-refractivity contribution in [1.82, 2.24) is 0 Å². The fraction of sp³-hybridized carbons (Fsp3) is 0.0741. The lowest BCUT2D eigenvalue weighted by atomic mass is 9.92. The molecule has 0 radical (unpaired) electrons. The molecule has 0 atom stereocenters. The SMILES string of the molecule is O=C1C=C(Nc2ccccc2C(=O)CC(=O)C(=O)Nc2cccc(C(F)(F)F)c2)c2ccccc2C1=O. The minimum absolute atomic E-state index is 0.0328. The highest BCUT2D eigenvalue weighted by Gasteiger charge is 2.31. The third-order valence-electron chi connectivity index (χ3n) is 5.48. The first-order valence-corrected chi connectivity index (χ1v) is 10.8. The van der Waals surface area contributed by atoms with Gasteiger partial charge in [0.25, 0.3) is 5.91 Å². The van der Waals surface area contributed by atoms with E-state index in [4.69, 9.17) is 0 Å². The molecule has 2 N–H and O–H groups in total. The largest absolute Gasteiger partial charge is 0.416 e. The zero-order valence-corrected chi connectivity index (χ0v) is 18.9. The molecule has 37 heavy (non-hydrogen) atoms. The Hall–Kier alpha value is -4.86. The average Bonchev–Trinajstić information content (AvgIpc) is 2.87. The van der Waals surface area contributed by atoms with Crippen LogP contribution in [0.25, 0.3) is 5.70 Å². The minimum Gasteiger partial charge on any atom is -0.354 e. The maximum Gasteiger partial charge on any atom is 0.416 e. The van der Waals surface area contributed by atoms with Crippen LogP contribution in [-0.4, -0.2) is 29.0 Å². The molecule has 186 valence electrons. The number of halogens is 3. The van der Waals surface area contributed by atoms with Gasteiger partial charge in [0.15, 0.2) is 5.78 Å². The van der Waals surface area contributed by atoms with Crippen molar-refractivity contribution in [2.75, 3.05) is 10.6 Å². The number of rotatable bonds is 7. The second kappa shape index (κ2) is 10.0. The summed E-state index contributed by atoms with van der Waals surface area (Å²) in [6.45, 7) is 0. The summed E-state index contributed by atoms with van der Waals surface area (Å²) in [6, 6.07) is 16.2. The smallest absolute Gasteiger partial charge is 0.354 e. The lowest BCUT2D eigenvalue weighted by Crippen LogP contribution is -2.25. The maximum atomic E-state index is 12.9. The number of ketones is 4. The molecule has 1 aliphatic carbocycles. The van der Waals surface area contributed by atoms with Crippen LogP contribution in [-0.2, 0) is 20.6 Å². The number of Topliss-reactive ketones (excluding diaryl/α,β-unsaturated/α-hetero) is 3. The van der Waals surface area contributed by atoms with Gasteiger partial charge in [0.2, 0.25) is 17.3 Å². The highest BCUT2D eigenvalue weighted by atomic mass is 19.4. The number of amides is 1. The number of para-hydroxylation sites is 1. The van der Waals surface area contributed by atoms with Gasteiger partial charge < -0.3 is 10.6 Å². The highest BCUT2D eigenvalue weighted by molar-refractivity contribution is 6.50. The van der Waals surface area contributed by atoms with Crippen molar-refractivity contribution < 1.29 is 37.1 Å². The molecule has 0 spiro atoms. The molecule has 1 amide bonds. The van der Waals surface area contributed by atoms with E-state index in [1.54, 1.807) is 24.3 Å². The zero-order chi connectivity index (χ0) is 26.7. The Balaban J connectivity index is 1.50. The molecule has 0 saturated heterocycles. The Morgan fingerprint density at radius 3 is 2.22 bits per heavy atom. The van der Waals surface area contributed by atoms with E-state index in [9.17, 15) is 37.1 Å². The molecule has 0 aliphatic heterocycles. The number of alkyl halides is 3. The fourth-order valence-corrected chi connectivity index (χ4v) is 3.70. The molecular formula is C27H17F3N2O5. The van der Waals surface area contributed by atoms with Gasteiger partial charge >= 0.3 is 6.18 Å². The number of benzene rings is 3. The van der Waals surface area contributed by atoms with E-state index in [1.165, 1.54) is 30.3 Å². The summed E-state index contributed by atoms with van der Waals surface area (Å²) in [4.78, 5) is 61.8. The molecule has 3 aromatic carbocycles. The summed E-state index contributed by atoms with van der Waals surface area (Å²) in [5.74, 6) is -4.54. The van der Waals surface area contributed by atoms with Gasteiger partial charge in [-0.25, -0.2) is 0 Å². The van der Waals surface area contributed by atoms with Gasteiger partial charge in [-0.2, -0.15) is 13.2 Å². The van der Waals surface area contributed by atoms with Crippen molar-refractivity contribution in [1.29, 1.82) is 0 Å². The summed E-state index contributed by atoms with van der Waals surface area (Å²) in [5.41, 5.74) is -0.0765. The molecule has 10 heteroatoms. The van der Waals surface area contributed by atoms with Crippen LogP contribution >= 0.6 is 0 Å². The van der Waals surface area contributed by atoms with Crippen molar-refractivity contribution >= 4 is 46.1 Å². The highest BCUT2D eigenvalue weighted by Crippen LogP contribution is 2.31. The van der Waals surface area contributed by atoms with E-state index >= 15 is 0 Å². The van der Waals surface area contributed by atoms with Crippen LogP contribution in [0.1, 0.15) is 38.3 Å². The molecule has 1 aliphatic rings. The van der Waals surface area contributed by atoms with Gasteiger partial charge in [-0.05, 0) is 30.3 Å².